The maximum absolute atomic E-state index is 14.1. The molecule has 1 aliphatic rings. The molecule has 0 saturated carbocycles. The summed E-state index contributed by atoms with van der Waals surface area (Å²) in [5.41, 5.74) is 0.946. The van der Waals surface area contributed by atoms with Gasteiger partial charge in [0.15, 0.2) is 11.6 Å². The van der Waals surface area contributed by atoms with Crippen molar-refractivity contribution in [1.82, 2.24) is 5.32 Å². The largest absolute Gasteiger partial charge is 0.488 e. The first kappa shape index (κ1) is 16.2. The zero-order valence-electron chi connectivity index (χ0n) is 13.0. The van der Waals surface area contributed by atoms with Crippen LogP contribution in [0.5, 0.6) is 5.75 Å². The zero-order chi connectivity index (χ0) is 15.1. The second kappa shape index (κ2) is 8.35. The molecule has 3 nitrogen and oxygen atoms in total. The zero-order valence-corrected chi connectivity index (χ0v) is 13.0. The Morgan fingerprint density at radius 3 is 2.95 bits per heavy atom. The topological polar surface area (TPSA) is 30.5 Å². The first-order valence-corrected chi connectivity index (χ1v) is 7.98. The van der Waals surface area contributed by atoms with E-state index in [-0.39, 0.29) is 18.0 Å². The van der Waals surface area contributed by atoms with Crippen LogP contribution in [-0.4, -0.2) is 25.9 Å². The lowest BCUT2D eigenvalue weighted by atomic mass is 10.1. The van der Waals surface area contributed by atoms with Crippen molar-refractivity contribution in [2.45, 2.75) is 51.7 Å². The van der Waals surface area contributed by atoms with Crippen molar-refractivity contribution in [3.63, 3.8) is 0 Å². The molecular formula is C17H26FNO2. The van der Waals surface area contributed by atoms with Gasteiger partial charge in [-0.05, 0) is 56.8 Å². The van der Waals surface area contributed by atoms with Gasteiger partial charge in [-0.15, -0.1) is 0 Å². The van der Waals surface area contributed by atoms with Gasteiger partial charge in [0.05, 0.1) is 6.10 Å². The van der Waals surface area contributed by atoms with Gasteiger partial charge in [-0.1, -0.05) is 13.0 Å². The van der Waals surface area contributed by atoms with Crippen molar-refractivity contribution < 1.29 is 13.9 Å². The molecule has 0 spiro atoms. The van der Waals surface area contributed by atoms with Crippen molar-refractivity contribution in [2.75, 3.05) is 19.8 Å². The Hall–Kier alpha value is -1.13. The van der Waals surface area contributed by atoms with Gasteiger partial charge >= 0.3 is 0 Å². The lowest BCUT2D eigenvalue weighted by Crippen LogP contribution is -2.26. The lowest BCUT2D eigenvalue weighted by molar-refractivity contribution is -0.0117. The predicted octanol–water partition coefficient (Wildman–Crippen LogP) is 3.83. The summed E-state index contributed by atoms with van der Waals surface area (Å²) in [6.45, 7) is 6.31. The van der Waals surface area contributed by atoms with Crippen LogP contribution in [0.2, 0.25) is 0 Å². The van der Waals surface area contributed by atoms with Crippen LogP contribution in [0.1, 0.15) is 51.1 Å². The first-order valence-electron chi connectivity index (χ1n) is 7.98. The third-order valence-electron chi connectivity index (χ3n) is 3.86. The first-order chi connectivity index (χ1) is 10.2. The van der Waals surface area contributed by atoms with Crippen LogP contribution in [-0.2, 0) is 4.74 Å². The number of nitrogens with one attached hydrogen (secondary N) is 1. The molecule has 2 rings (SSSR count). The quantitative estimate of drug-likeness (QED) is 0.829. The molecule has 2 atom stereocenters. The highest BCUT2D eigenvalue weighted by Crippen LogP contribution is 2.23. The minimum absolute atomic E-state index is 0.1000. The third-order valence-corrected chi connectivity index (χ3v) is 3.86. The van der Waals surface area contributed by atoms with Crippen molar-refractivity contribution in [3.05, 3.63) is 29.6 Å². The molecule has 1 fully saturated rings. The maximum Gasteiger partial charge on any atom is 0.165 e. The monoisotopic (exact) mass is 295 g/mol. The van der Waals surface area contributed by atoms with Gasteiger partial charge in [0.2, 0.25) is 0 Å². The van der Waals surface area contributed by atoms with E-state index in [4.69, 9.17) is 9.47 Å². The van der Waals surface area contributed by atoms with E-state index in [2.05, 4.69) is 12.2 Å². The van der Waals surface area contributed by atoms with Crippen LogP contribution in [0.15, 0.2) is 18.2 Å². The Morgan fingerprint density at radius 1 is 1.43 bits per heavy atom. The Kier molecular flexibility index (Phi) is 6.46. The second-order valence-corrected chi connectivity index (χ2v) is 5.67. The summed E-state index contributed by atoms with van der Waals surface area (Å²) < 4.78 is 25.3. The summed E-state index contributed by atoms with van der Waals surface area (Å²) in [6.07, 6.45) is 4.44. The van der Waals surface area contributed by atoms with E-state index in [9.17, 15) is 4.39 Å². The number of ether oxygens (including phenoxy) is 2. The van der Waals surface area contributed by atoms with E-state index >= 15 is 0 Å². The van der Waals surface area contributed by atoms with Crippen LogP contribution in [0.3, 0.4) is 0 Å². The van der Waals surface area contributed by atoms with E-state index in [0.717, 1.165) is 44.4 Å². The molecule has 1 aromatic rings. The fraction of sp³-hybridized carbons (Fsp3) is 0.647. The van der Waals surface area contributed by atoms with E-state index in [1.165, 1.54) is 0 Å². The van der Waals surface area contributed by atoms with Crippen molar-refractivity contribution in [1.29, 1.82) is 0 Å². The normalized spacial score (nSPS) is 20.2. The lowest BCUT2D eigenvalue weighted by Gasteiger charge is -2.23. The summed E-state index contributed by atoms with van der Waals surface area (Å²) in [5.74, 6) is 0.0177. The van der Waals surface area contributed by atoms with Gasteiger partial charge in [-0.25, -0.2) is 4.39 Å². The molecule has 1 N–H and O–H groups in total. The van der Waals surface area contributed by atoms with E-state index in [1.54, 1.807) is 12.1 Å². The molecule has 1 aliphatic heterocycles. The van der Waals surface area contributed by atoms with Gasteiger partial charge in [-0.2, -0.15) is 0 Å². The van der Waals surface area contributed by atoms with Crippen molar-refractivity contribution >= 4 is 0 Å². The van der Waals surface area contributed by atoms with Crippen molar-refractivity contribution in [2.24, 2.45) is 0 Å². The summed E-state index contributed by atoms with van der Waals surface area (Å²) in [4.78, 5) is 0. The Morgan fingerprint density at radius 2 is 2.29 bits per heavy atom. The highest BCUT2D eigenvalue weighted by molar-refractivity contribution is 5.31. The van der Waals surface area contributed by atoms with Gasteiger partial charge in [0.1, 0.15) is 6.61 Å². The number of halogens is 1. The Balaban J connectivity index is 1.89. The van der Waals surface area contributed by atoms with Gasteiger partial charge in [0, 0.05) is 12.6 Å². The smallest absolute Gasteiger partial charge is 0.165 e. The third kappa shape index (κ3) is 4.97. The molecule has 0 aliphatic carbocycles. The van der Waals surface area contributed by atoms with Crippen LogP contribution in [0.4, 0.5) is 4.39 Å². The molecular weight excluding hydrogens is 269 g/mol. The van der Waals surface area contributed by atoms with E-state index in [1.807, 2.05) is 13.0 Å². The molecule has 2 unspecified atom stereocenters. The number of benzene rings is 1. The van der Waals surface area contributed by atoms with Gasteiger partial charge < -0.3 is 14.8 Å². The van der Waals surface area contributed by atoms with Crippen molar-refractivity contribution in [3.8, 4) is 5.75 Å². The van der Waals surface area contributed by atoms with Crippen LogP contribution < -0.4 is 10.1 Å². The molecule has 21 heavy (non-hydrogen) atoms. The van der Waals surface area contributed by atoms with E-state index in [0.29, 0.717) is 12.4 Å². The minimum atomic E-state index is -0.298. The molecule has 0 aromatic heterocycles. The fourth-order valence-electron chi connectivity index (χ4n) is 2.50. The number of rotatable bonds is 7. The van der Waals surface area contributed by atoms with Crippen LogP contribution >= 0.6 is 0 Å². The standard InChI is InChI=1S/C17H26FNO2/c1-3-9-19-13(2)14-7-8-17(16(18)11-14)21-12-15-6-4-5-10-20-15/h7-8,11,13,15,19H,3-6,9-10,12H2,1-2H3. The Bertz CT molecular complexity index is 433. The average Bonchev–Trinajstić information content (AvgIpc) is 2.52. The van der Waals surface area contributed by atoms with Gasteiger partial charge in [0.25, 0.3) is 0 Å². The molecule has 1 aromatic carbocycles. The highest BCUT2D eigenvalue weighted by atomic mass is 19.1. The number of hydrogen-bond donors (Lipinski definition) is 1. The molecule has 1 saturated heterocycles. The maximum atomic E-state index is 14.1. The molecule has 4 heteroatoms. The minimum Gasteiger partial charge on any atom is -0.488 e. The highest BCUT2D eigenvalue weighted by Gasteiger charge is 2.16. The predicted molar refractivity (Wildman–Crippen MR) is 82.2 cm³/mol. The van der Waals surface area contributed by atoms with Crippen LogP contribution in [0, 0.1) is 5.82 Å². The Labute approximate surface area is 126 Å². The molecule has 0 radical (unpaired) electrons. The summed E-state index contributed by atoms with van der Waals surface area (Å²) in [5, 5.41) is 3.35. The fourth-order valence-corrected chi connectivity index (χ4v) is 2.50. The molecule has 0 amide bonds. The number of hydrogen-bond acceptors (Lipinski definition) is 3. The SMILES string of the molecule is CCCNC(C)c1ccc(OCC2CCCCO2)c(F)c1. The molecule has 0 bridgehead atoms. The average molecular weight is 295 g/mol. The molecule has 118 valence electrons. The second-order valence-electron chi connectivity index (χ2n) is 5.67. The summed E-state index contributed by atoms with van der Waals surface area (Å²) >= 11 is 0. The van der Waals surface area contributed by atoms with Crippen LogP contribution in [0.25, 0.3) is 0 Å². The van der Waals surface area contributed by atoms with Gasteiger partial charge in [-0.3, -0.25) is 0 Å². The summed E-state index contributed by atoms with van der Waals surface area (Å²) in [6, 6.07) is 5.35. The molecule has 1 heterocycles. The summed E-state index contributed by atoms with van der Waals surface area (Å²) in [7, 11) is 0. The van der Waals surface area contributed by atoms with E-state index < -0.39 is 0 Å².